The van der Waals surface area contributed by atoms with E-state index in [9.17, 15) is 22.4 Å². The van der Waals surface area contributed by atoms with Gasteiger partial charge in [-0.1, -0.05) is 39.0 Å². The van der Waals surface area contributed by atoms with Crippen molar-refractivity contribution in [3.63, 3.8) is 0 Å². The first kappa shape index (κ1) is 34.3. The fourth-order valence-corrected chi connectivity index (χ4v) is 8.78. The maximum Gasteiger partial charge on any atom is 0.306 e. The van der Waals surface area contributed by atoms with Crippen molar-refractivity contribution in [3.8, 4) is 0 Å². The Morgan fingerprint density at radius 2 is 1.98 bits per heavy atom. The third-order valence-corrected chi connectivity index (χ3v) is 11.3. The van der Waals surface area contributed by atoms with Gasteiger partial charge in [0, 0.05) is 32.5 Å². The lowest BCUT2D eigenvalue weighted by molar-refractivity contribution is -0.143. The van der Waals surface area contributed by atoms with Crippen LogP contribution in [0.25, 0.3) is 10.2 Å². The molecule has 1 saturated heterocycles. The fraction of sp³-hybridized carbons (Fsp3) is 0.559. The van der Waals surface area contributed by atoms with Gasteiger partial charge in [-0.3, -0.25) is 14.0 Å². The first-order valence-corrected chi connectivity index (χ1v) is 18.5. The van der Waals surface area contributed by atoms with Crippen LogP contribution in [0.5, 0.6) is 0 Å². The minimum atomic E-state index is -4.22. The molecule has 5 rings (SSSR count). The normalized spacial score (nSPS) is 17.3. The highest BCUT2D eigenvalue weighted by atomic mass is 32.2. The molecule has 46 heavy (non-hydrogen) atoms. The minimum Gasteiger partial charge on any atom is -0.466 e. The number of nitrogens with one attached hydrogen (secondary N) is 2. The molecule has 2 aliphatic rings. The van der Waals surface area contributed by atoms with E-state index < -0.39 is 16.1 Å². The average molecular weight is 673 g/mol. The number of carbonyl (C=O) groups excluding carboxylic acids is 2. The van der Waals surface area contributed by atoms with Crippen LogP contribution >= 0.6 is 11.3 Å². The molecule has 1 atom stereocenters. The molecule has 1 fully saturated rings. The van der Waals surface area contributed by atoms with Gasteiger partial charge in [-0.2, -0.15) is 4.72 Å². The van der Waals surface area contributed by atoms with Crippen LogP contribution in [0.4, 0.5) is 10.1 Å². The number of amides is 1. The van der Waals surface area contributed by atoms with Gasteiger partial charge < -0.3 is 15.0 Å². The molecule has 3 heterocycles. The SMILES string of the molecule is CCCOC(=O)CCc1cc2c(c(S(=O)(=O)NC(Cc3nc4ccccc4s3)C(=O)N3CCC(CCF)CC3)c1)NCC(C)(C)C2. The number of hydrogen-bond acceptors (Lipinski definition) is 8. The number of thiazole rings is 1. The van der Waals surface area contributed by atoms with E-state index in [0.717, 1.165) is 27.8 Å². The zero-order valence-electron chi connectivity index (χ0n) is 26.9. The number of sulfonamides is 1. The van der Waals surface area contributed by atoms with E-state index in [1.165, 1.54) is 11.3 Å². The first-order valence-electron chi connectivity index (χ1n) is 16.2. The monoisotopic (exact) mass is 672 g/mol. The average Bonchev–Trinajstić information content (AvgIpc) is 3.44. The summed E-state index contributed by atoms with van der Waals surface area (Å²) in [7, 11) is -4.22. The summed E-state index contributed by atoms with van der Waals surface area (Å²) < 4.78 is 50.6. The molecule has 0 spiro atoms. The Morgan fingerprint density at radius 3 is 2.70 bits per heavy atom. The minimum absolute atomic E-state index is 0.0705. The van der Waals surface area contributed by atoms with Crippen molar-refractivity contribution in [2.75, 3.05) is 38.2 Å². The van der Waals surface area contributed by atoms with Crippen molar-refractivity contribution < 1.29 is 27.1 Å². The Kier molecular flexibility index (Phi) is 11.0. The number of aromatic nitrogens is 1. The fourth-order valence-electron chi connectivity index (χ4n) is 6.30. The third kappa shape index (κ3) is 8.43. The van der Waals surface area contributed by atoms with Gasteiger partial charge in [0.2, 0.25) is 15.9 Å². The molecule has 0 aliphatic carbocycles. The number of ether oxygens (including phenoxy) is 1. The molecule has 3 aromatic rings. The van der Waals surface area contributed by atoms with Crippen LogP contribution in [-0.2, 0) is 43.6 Å². The van der Waals surface area contributed by atoms with Gasteiger partial charge in [-0.25, -0.2) is 13.4 Å². The molecule has 12 heteroatoms. The van der Waals surface area contributed by atoms with Crippen molar-refractivity contribution in [3.05, 3.63) is 52.5 Å². The summed E-state index contributed by atoms with van der Waals surface area (Å²) in [6.07, 6.45) is 3.82. The van der Waals surface area contributed by atoms with Crippen LogP contribution in [0.2, 0.25) is 0 Å². The number of likely N-dealkylation sites (tertiary alicyclic amines) is 1. The van der Waals surface area contributed by atoms with E-state index >= 15 is 0 Å². The number of alkyl halides is 1. The molecule has 250 valence electrons. The van der Waals surface area contributed by atoms with Crippen LogP contribution in [0.1, 0.15) is 69.0 Å². The molecular formula is C34H45FN4O5S2. The topological polar surface area (TPSA) is 118 Å². The Bertz CT molecular complexity index is 1620. The summed E-state index contributed by atoms with van der Waals surface area (Å²) in [6.45, 7) is 7.64. The molecule has 0 saturated carbocycles. The number of hydrogen-bond donors (Lipinski definition) is 2. The van der Waals surface area contributed by atoms with E-state index in [0.29, 0.717) is 69.0 Å². The summed E-state index contributed by atoms with van der Waals surface area (Å²) >= 11 is 1.44. The highest BCUT2D eigenvalue weighted by Crippen LogP contribution is 2.38. The largest absolute Gasteiger partial charge is 0.466 e. The number of carbonyl (C=O) groups is 2. The molecule has 1 amide bonds. The number of benzene rings is 2. The highest BCUT2D eigenvalue weighted by Gasteiger charge is 2.36. The molecule has 0 radical (unpaired) electrons. The second-order valence-electron chi connectivity index (χ2n) is 13.2. The number of halogens is 1. The maximum absolute atomic E-state index is 14.3. The summed E-state index contributed by atoms with van der Waals surface area (Å²) in [6, 6.07) is 10.2. The van der Waals surface area contributed by atoms with Gasteiger partial charge in [0.1, 0.15) is 10.9 Å². The number of fused-ring (bicyclic) bond motifs is 2. The van der Waals surface area contributed by atoms with Gasteiger partial charge in [-0.05, 0) is 79.2 Å². The molecule has 0 bridgehead atoms. The predicted molar refractivity (Wildman–Crippen MR) is 179 cm³/mol. The third-order valence-electron chi connectivity index (χ3n) is 8.79. The van der Waals surface area contributed by atoms with Crippen molar-refractivity contribution >= 4 is 49.1 Å². The Hall–Kier alpha value is -3.09. The van der Waals surface area contributed by atoms with Crippen LogP contribution in [0, 0.1) is 11.3 Å². The lowest BCUT2D eigenvalue weighted by atomic mass is 9.81. The number of anilines is 1. The molecular weight excluding hydrogens is 628 g/mol. The summed E-state index contributed by atoms with van der Waals surface area (Å²) in [4.78, 5) is 32.8. The second kappa shape index (κ2) is 14.8. The summed E-state index contributed by atoms with van der Waals surface area (Å²) in [5.74, 6) is -0.408. The van der Waals surface area contributed by atoms with Gasteiger partial charge in [0.25, 0.3) is 0 Å². The van der Waals surface area contributed by atoms with E-state index in [1.54, 1.807) is 11.0 Å². The van der Waals surface area contributed by atoms with E-state index in [1.807, 2.05) is 37.3 Å². The first-order chi connectivity index (χ1) is 22.0. The Labute approximate surface area is 275 Å². The van der Waals surface area contributed by atoms with Gasteiger partial charge in [0.05, 0.1) is 34.2 Å². The zero-order chi connectivity index (χ0) is 32.9. The zero-order valence-corrected chi connectivity index (χ0v) is 28.6. The summed E-state index contributed by atoms with van der Waals surface area (Å²) in [5, 5.41) is 4.01. The lowest BCUT2D eigenvalue weighted by Gasteiger charge is -2.35. The number of nitrogens with zero attached hydrogens (tertiary/aromatic N) is 2. The Morgan fingerprint density at radius 1 is 1.22 bits per heavy atom. The van der Waals surface area contributed by atoms with Crippen molar-refractivity contribution in [1.82, 2.24) is 14.6 Å². The molecule has 1 aromatic heterocycles. The molecule has 2 aromatic carbocycles. The molecule has 9 nitrogen and oxygen atoms in total. The standard InChI is InChI=1S/C34H45FN4O5S2/c1-4-17-44-31(40)10-9-24-18-25-21-34(2,3)22-36-32(25)29(19-24)46(42,43)38-27(20-30-37-26-7-5-6-8-28(26)45-30)33(41)39-15-12-23(11-14-35)13-16-39/h5-8,18-19,23,27,36,38H,4,9-17,20-22H2,1-3H3. The molecule has 2 aliphatic heterocycles. The van der Waals surface area contributed by atoms with Crippen molar-refractivity contribution in [1.29, 1.82) is 0 Å². The van der Waals surface area contributed by atoms with Gasteiger partial charge in [0.15, 0.2) is 0 Å². The van der Waals surface area contributed by atoms with Crippen LogP contribution in [0.15, 0.2) is 41.3 Å². The predicted octanol–water partition coefficient (Wildman–Crippen LogP) is 5.66. The van der Waals surface area contributed by atoms with Crippen LogP contribution < -0.4 is 10.0 Å². The van der Waals surface area contributed by atoms with E-state index in [4.69, 9.17) is 9.72 Å². The number of rotatable bonds is 13. The van der Waals surface area contributed by atoms with Crippen LogP contribution in [-0.4, -0.2) is 69.1 Å². The van der Waals surface area contributed by atoms with Crippen LogP contribution in [0.3, 0.4) is 0 Å². The maximum atomic E-state index is 14.3. The second-order valence-corrected chi connectivity index (χ2v) is 16.0. The molecule has 2 N–H and O–H groups in total. The quantitative estimate of drug-likeness (QED) is 0.225. The summed E-state index contributed by atoms with van der Waals surface area (Å²) in [5.41, 5.74) is 2.81. The lowest BCUT2D eigenvalue weighted by Crippen LogP contribution is -2.51. The number of piperidine rings is 1. The highest BCUT2D eigenvalue weighted by molar-refractivity contribution is 7.89. The van der Waals surface area contributed by atoms with E-state index in [2.05, 4.69) is 23.9 Å². The van der Waals surface area contributed by atoms with Gasteiger partial charge >= 0.3 is 5.97 Å². The van der Waals surface area contributed by atoms with E-state index in [-0.39, 0.29) is 47.6 Å². The van der Waals surface area contributed by atoms with Gasteiger partial charge in [-0.15, -0.1) is 11.3 Å². The number of aryl methyl sites for hydroxylation is 1. The number of para-hydroxylation sites is 1. The Balaban J connectivity index is 1.45. The van der Waals surface area contributed by atoms with Crippen molar-refractivity contribution in [2.24, 2.45) is 11.3 Å². The number of esters is 1. The smallest absolute Gasteiger partial charge is 0.306 e. The molecule has 1 unspecified atom stereocenters. The van der Waals surface area contributed by atoms with Crippen molar-refractivity contribution in [2.45, 2.75) is 83.1 Å².